The van der Waals surface area contributed by atoms with Crippen LogP contribution in [0.25, 0.3) is 0 Å². The number of rotatable bonds is 8. The van der Waals surface area contributed by atoms with Gasteiger partial charge in [-0.25, -0.2) is 0 Å². The van der Waals surface area contributed by atoms with Gasteiger partial charge in [-0.1, -0.05) is 50.1 Å². The molecule has 2 amide bonds. The zero-order chi connectivity index (χ0) is 23.2. The topological polar surface area (TPSA) is 71.8 Å². The van der Waals surface area contributed by atoms with E-state index in [-0.39, 0.29) is 23.6 Å². The third-order valence-electron chi connectivity index (χ3n) is 6.22. The first-order chi connectivity index (χ1) is 16.1. The van der Waals surface area contributed by atoms with Crippen molar-refractivity contribution in [3.63, 3.8) is 0 Å². The van der Waals surface area contributed by atoms with Gasteiger partial charge in [0.25, 0.3) is 5.91 Å². The Labute approximate surface area is 194 Å². The molecule has 0 saturated heterocycles. The number of anilines is 1. The van der Waals surface area contributed by atoms with Crippen molar-refractivity contribution < 1.29 is 18.7 Å². The summed E-state index contributed by atoms with van der Waals surface area (Å²) in [5, 5.41) is 3.20. The molecule has 0 spiro atoms. The molecule has 172 valence electrons. The van der Waals surface area contributed by atoms with Gasteiger partial charge in [-0.15, -0.1) is 0 Å². The van der Waals surface area contributed by atoms with E-state index in [4.69, 9.17) is 9.15 Å². The summed E-state index contributed by atoms with van der Waals surface area (Å²) < 4.78 is 10.8. The average molecular weight is 447 g/mol. The fourth-order valence-electron chi connectivity index (χ4n) is 4.48. The van der Waals surface area contributed by atoms with Crippen molar-refractivity contribution in [2.45, 2.75) is 51.1 Å². The Morgan fingerprint density at radius 2 is 1.79 bits per heavy atom. The number of nitrogens with one attached hydrogen (secondary N) is 1. The number of furan rings is 1. The number of hydrogen-bond acceptors (Lipinski definition) is 4. The van der Waals surface area contributed by atoms with Crippen LogP contribution in [0.5, 0.6) is 5.75 Å². The van der Waals surface area contributed by atoms with E-state index in [0.717, 1.165) is 37.7 Å². The number of aryl methyl sites for hydroxylation is 1. The van der Waals surface area contributed by atoms with E-state index < -0.39 is 6.04 Å². The summed E-state index contributed by atoms with van der Waals surface area (Å²) in [7, 11) is 1.60. The lowest BCUT2D eigenvalue weighted by molar-refractivity contribution is -0.123. The molecule has 0 bridgehead atoms. The highest BCUT2D eigenvalue weighted by molar-refractivity contribution is 6.09. The molecular weight excluding hydrogens is 416 g/mol. The minimum absolute atomic E-state index is 0.125. The molecule has 6 nitrogen and oxygen atoms in total. The molecule has 33 heavy (non-hydrogen) atoms. The van der Waals surface area contributed by atoms with Crippen molar-refractivity contribution in [3.05, 3.63) is 83.8 Å². The predicted molar refractivity (Wildman–Crippen MR) is 127 cm³/mol. The zero-order valence-electron chi connectivity index (χ0n) is 19.1. The molecule has 1 fully saturated rings. The van der Waals surface area contributed by atoms with Crippen LogP contribution in [0, 0.1) is 0 Å². The summed E-state index contributed by atoms with van der Waals surface area (Å²) >= 11 is 0. The van der Waals surface area contributed by atoms with E-state index in [0.29, 0.717) is 17.0 Å². The van der Waals surface area contributed by atoms with E-state index in [1.54, 1.807) is 24.1 Å². The Bertz CT molecular complexity index is 1070. The lowest BCUT2D eigenvalue weighted by atomic mass is 10.00. The monoisotopic (exact) mass is 446 g/mol. The molecule has 0 unspecified atom stereocenters. The molecule has 1 aliphatic carbocycles. The van der Waals surface area contributed by atoms with Crippen LogP contribution in [0.3, 0.4) is 0 Å². The molecule has 6 heteroatoms. The molecular formula is C27H30N2O4. The van der Waals surface area contributed by atoms with Crippen LogP contribution in [-0.4, -0.2) is 25.0 Å². The maximum absolute atomic E-state index is 13.8. The number of carbonyl (C=O) groups is 2. The minimum Gasteiger partial charge on any atom is -0.497 e. The molecule has 1 N–H and O–H groups in total. The zero-order valence-corrected chi connectivity index (χ0v) is 19.1. The Hall–Kier alpha value is -3.54. The molecule has 2 aromatic carbocycles. The van der Waals surface area contributed by atoms with Crippen LogP contribution in [0.15, 0.2) is 71.3 Å². The van der Waals surface area contributed by atoms with E-state index in [9.17, 15) is 9.59 Å². The first-order valence-corrected chi connectivity index (χ1v) is 11.5. The summed E-state index contributed by atoms with van der Waals surface area (Å²) in [6.07, 6.45) is 6.31. The quantitative estimate of drug-likeness (QED) is 0.510. The van der Waals surface area contributed by atoms with Gasteiger partial charge >= 0.3 is 0 Å². The van der Waals surface area contributed by atoms with Crippen molar-refractivity contribution in [2.24, 2.45) is 0 Å². The molecule has 0 aliphatic heterocycles. The van der Waals surface area contributed by atoms with Gasteiger partial charge in [-0.05, 0) is 60.7 Å². The van der Waals surface area contributed by atoms with Crippen LogP contribution < -0.4 is 15.0 Å². The number of methoxy groups -OCH3 is 1. The highest BCUT2D eigenvalue weighted by Crippen LogP contribution is 2.34. The number of carbonyl (C=O) groups excluding carboxylic acids is 2. The van der Waals surface area contributed by atoms with Gasteiger partial charge in [0.1, 0.15) is 11.8 Å². The highest BCUT2D eigenvalue weighted by Gasteiger charge is 2.36. The van der Waals surface area contributed by atoms with Gasteiger partial charge in [-0.3, -0.25) is 14.5 Å². The van der Waals surface area contributed by atoms with Crippen LogP contribution in [0.1, 0.15) is 60.3 Å². The smallest absolute Gasteiger partial charge is 0.294 e. The van der Waals surface area contributed by atoms with E-state index in [1.807, 2.05) is 55.5 Å². The summed E-state index contributed by atoms with van der Waals surface area (Å²) in [6, 6.07) is 17.6. The van der Waals surface area contributed by atoms with Crippen LogP contribution in [0.2, 0.25) is 0 Å². The van der Waals surface area contributed by atoms with E-state index >= 15 is 0 Å². The second-order valence-corrected chi connectivity index (χ2v) is 8.30. The fraction of sp³-hybridized carbons (Fsp3) is 0.333. The van der Waals surface area contributed by atoms with Gasteiger partial charge in [0, 0.05) is 11.7 Å². The van der Waals surface area contributed by atoms with Crippen LogP contribution in [0.4, 0.5) is 5.69 Å². The van der Waals surface area contributed by atoms with Gasteiger partial charge in [0.15, 0.2) is 5.76 Å². The van der Waals surface area contributed by atoms with Gasteiger partial charge < -0.3 is 14.5 Å². The lowest BCUT2D eigenvalue weighted by Crippen LogP contribution is -2.46. The second kappa shape index (κ2) is 10.4. The number of ether oxygens (including phenoxy) is 1. The third kappa shape index (κ3) is 4.95. The standard InChI is InChI=1S/C27H30N2O4/c1-3-19-9-4-7-12-23(19)29(27(31)24-13-8-18-33-24)25(20-14-16-22(32-2)17-15-20)26(30)28-21-10-5-6-11-21/h4,7-9,12-18,21,25H,3,5-6,10-11H2,1-2H3,(H,28,30)/t25-/m1/s1. The van der Waals surface area contributed by atoms with Gasteiger partial charge in [0.05, 0.1) is 13.4 Å². The second-order valence-electron chi connectivity index (χ2n) is 8.30. The number of para-hydroxylation sites is 1. The van der Waals surface area contributed by atoms with Crippen molar-refractivity contribution in [2.75, 3.05) is 12.0 Å². The fourth-order valence-corrected chi connectivity index (χ4v) is 4.48. The number of amides is 2. The van der Waals surface area contributed by atoms with Crippen molar-refractivity contribution in [1.82, 2.24) is 5.32 Å². The molecule has 3 aromatic rings. The first kappa shape index (κ1) is 22.6. The number of hydrogen-bond donors (Lipinski definition) is 1. The molecule has 1 saturated carbocycles. The molecule has 1 aromatic heterocycles. The minimum atomic E-state index is -0.859. The van der Waals surface area contributed by atoms with Crippen LogP contribution in [-0.2, 0) is 11.2 Å². The largest absolute Gasteiger partial charge is 0.497 e. The number of benzene rings is 2. The first-order valence-electron chi connectivity index (χ1n) is 11.5. The highest BCUT2D eigenvalue weighted by atomic mass is 16.5. The summed E-state index contributed by atoms with van der Waals surface area (Å²) in [6.45, 7) is 2.04. The average Bonchev–Trinajstić information content (AvgIpc) is 3.57. The maximum Gasteiger partial charge on any atom is 0.294 e. The Morgan fingerprint density at radius 3 is 2.42 bits per heavy atom. The molecule has 0 radical (unpaired) electrons. The summed E-state index contributed by atoms with van der Waals surface area (Å²) in [5.41, 5.74) is 2.38. The van der Waals surface area contributed by atoms with Gasteiger partial charge in [0.2, 0.25) is 5.91 Å². The molecule has 1 heterocycles. The van der Waals surface area contributed by atoms with E-state index in [2.05, 4.69) is 5.32 Å². The lowest BCUT2D eigenvalue weighted by Gasteiger charge is -2.33. The maximum atomic E-state index is 13.8. The Balaban J connectivity index is 1.83. The van der Waals surface area contributed by atoms with Crippen molar-refractivity contribution in [1.29, 1.82) is 0 Å². The normalized spacial score (nSPS) is 14.6. The van der Waals surface area contributed by atoms with E-state index in [1.165, 1.54) is 6.26 Å². The van der Waals surface area contributed by atoms with Crippen molar-refractivity contribution in [3.8, 4) is 5.75 Å². The Morgan fingerprint density at radius 1 is 1.06 bits per heavy atom. The summed E-state index contributed by atoms with van der Waals surface area (Å²) in [4.78, 5) is 29.1. The van der Waals surface area contributed by atoms with Gasteiger partial charge in [-0.2, -0.15) is 0 Å². The summed E-state index contributed by atoms with van der Waals surface area (Å²) in [5.74, 6) is 0.320. The molecule has 4 rings (SSSR count). The molecule has 1 aliphatic rings. The molecule has 1 atom stereocenters. The Kier molecular flexibility index (Phi) is 7.13. The number of nitrogens with zero attached hydrogens (tertiary/aromatic N) is 1. The predicted octanol–water partition coefficient (Wildman–Crippen LogP) is 5.30. The van der Waals surface area contributed by atoms with Crippen molar-refractivity contribution >= 4 is 17.5 Å². The van der Waals surface area contributed by atoms with Crippen LogP contribution >= 0.6 is 0 Å². The SMILES string of the molecule is CCc1ccccc1N(C(=O)c1ccco1)[C@@H](C(=O)NC1CCCC1)c1ccc(OC)cc1. The third-order valence-corrected chi connectivity index (χ3v) is 6.22.